The number of ether oxygens (including phenoxy) is 2. The molecule has 1 aliphatic rings. The molecule has 32 heavy (non-hydrogen) atoms. The minimum absolute atomic E-state index is 0.0852. The van der Waals surface area contributed by atoms with E-state index in [1.807, 2.05) is 39.8 Å². The number of rotatable bonds is 6. The van der Waals surface area contributed by atoms with E-state index in [9.17, 15) is 13.2 Å². The average Bonchev–Trinajstić information content (AvgIpc) is 2.72. The minimum Gasteiger partial charge on any atom is -0.492 e. The first-order valence-electron chi connectivity index (χ1n) is 10.8. The molecule has 174 valence electrons. The van der Waals surface area contributed by atoms with E-state index < -0.39 is 21.7 Å². The topological polar surface area (TPSA) is 84.9 Å². The van der Waals surface area contributed by atoms with E-state index in [2.05, 4.69) is 4.72 Å². The summed E-state index contributed by atoms with van der Waals surface area (Å²) in [5, 5.41) is 0. The molecule has 0 bridgehead atoms. The lowest BCUT2D eigenvalue weighted by Crippen LogP contribution is -2.37. The molecular weight excluding hydrogens is 428 g/mol. The van der Waals surface area contributed by atoms with E-state index in [0.717, 1.165) is 30.4 Å². The highest BCUT2D eigenvalue weighted by Crippen LogP contribution is 2.36. The zero-order chi connectivity index (χ0) is 23.5. The van der Waals surface area contributed by atoms with Gasteiger partial charge in [0.1, 0.15) is 16.2 Å². The van der Waals surface area contributed by atoms with Gasteiger partial charge in [-0.25, -0.2) is 13.2 Å². The van der Waals surface area contributed by atoms with E-state index in [1.54, 1.807) is 36.2 Å². The van der Waals surface area contributed by atoms with Crippen LogP contribution >= 0.6 is 0 Å². The second-order valence-corrected chi connectivity index (χ2v) is 10.5. The first-order chi connectivity index (χ1) is 15.0. The summed E-state index contributed by atoms with van der Waals surface area (Å²) in [5.74, 6) is 0.308. The van der Waals surface area contributed by atoms with Gasteiger partial charge in [-0.05, 0) is 82.3 Å². The Hall–Kier alpha value is -2.74. The zero-order valence-corrected chi connectivity index (χ0v) is 20.2. The quantitative estimate of drug-likeness (QED) is 0.646. The normalized spacial score (nSPS) is 16.1. The lowest BCUT2D eigenvalue weighted by Gasteiger charge is -2.34. The molecule has 3 rings (SSSR count). The Morgan fingerprint density at radius 3 is 2.59 bits per heavy atom. The number of nitrogens with zero attached hydrogens (tertiary/aromatic N) is 1. The summed E-state index contributed by atoms with van der Waals surface area (Å²) in [6.45, 7) is 7.67. The van der Waals surface area contributed by atoms with Crippen molar-refractivity contribution < 1.29 is 22.7 Å². The molecule has 0 saturated carbocycles. The van der Waals surface area contributed by atoms with Crippen LogP contribution in [0.2, 0.25) is 0 Å². The highest BCUT2D eigenvalue weighted by Gasteiger charge is 2.30. The molecule has 0 aliphatic heterocycles. The van der Waals surface area contributed by atoms with E-state index in [4.69, 9.17) is 9.47 Å². The Labute approximate surface area is 190 Å². The fourth-order valence-electron chi connectivity index (χ4n) is 3.86. The van der Waals surface area contributed by atoms with Crippen LogP contribution in [-0.2, 0) is 21.2 Å². The molecule has 1 atom stereocenters. The largest absolute Gasteiger partial charge is 0.492 e. The van der Waals surface area contributed by atoms with Gasteiger partial charge in [0.05, 0.1) is 12.6 Å². The number of hydrogen-bond acceptors (Lipinski definition) is 5. The fourth-order valence-corrected chi connectivity index (χ4v) is 5.05. The van der Waals surface area contributed by atoms with Crippen molar-refractivity contribution in [3.05, 3.63) is 53.6 Å². The minimum atomic E-state index is -3.85. The summed E-state index contributed by atoms with van der Waals surface area (Å²) >= 11 is 0. The van der Waals surface area contributed by atoms with Crippen molar-refractivity contribution in [3.63, 3.8) is 0 Å². The van der Waals surface area contributed by atoms with Crippen molar-refractivity contribution in [2.75, 3.05) is 18.4 Å². The zero-order valence-electron chi connectivity index (χ0n) is 19.3. The van der Waals surface area contributed by atoms with Crippen LogP contribution in [0, 0.1) is 0 Å². The van der Waals surface area contributed by atoms with Crippen molar-refractivity contribution in [2.45, 2.75) is 63.5 Å². The molecule has 0 aromatic heterocycles. The molecule has 0 saturated heterocycles. The summed E-state index contributed by atoms with van der Waals surface area (Å²) in [5.41, 5.74) is 1.89. The molecule has 2 aromatic rings. The molecule has 0 radical (unpaired) electrons. The third-order valence-corrected chi connectivity index (χ3v) is 6.69. The number of fused-ring (bicyclic) bond motifs is 1. The second kappa shape index (κ2) is 9.40. The molecule has 0 heterocycles. The predicted molar refractivity (Wildman–Crippen MR) is 125 cm³/mol. The van der Waals surface area contributed by atoms with Crippen molar-refractivity contribution in [3.8, 4) is 5.75 Å². The van der Waals surface area contributed by atoms with Crippen LogP contribution < -0.4 is 9.46 Å². The number of para-hydroxylation sites is 1. The summed E-state index contributed by atoms with van der Waals surface area (Å²) in [6.07, 6.45) is 2.21. The molecule has 7 nitrogen and oxygen atoms in total. The molecule has 1 N–H and O–H groups in total. The van der Waals surface area contributed by atoms with Crippen LogP contribution in [0.3, 0.4) is 0 Å². The molecule has 1 aliphatic carbocycles. The van der Waals surface area contributed by atoms with Crippen LogP contribution in [0.5, 0.6) is 5.75 Å². The maximum Gasteiger partial charge on any atom is 0.410 e. The van der Waals surface area contributed by atoms with Crippen molar-refractivity contribution in [2.24, 2.45) is 0 Å². The smallest absolute Gasteiger partial charge is 0.410 e. The molecule has 0 fully saturated rings. The van der Waals surface area contributed by atoms with Gasteiger partial charge in [-0.3, -0.25) is 4.72 Å². The number of carbonyl (C=O) groups excluding carboxylic acids is 1. The van der Waals surface area contributed by atoms with Crippen LogP contribution in [0.1, 0.15) is 57.7 Å². The summed E-state index contributed by atoms with van der Waals surface area (Å²) < 4.78 is 39.8. The predicted octanol–water partition coefficient (Wildman–Crippen LogP) is 5.13. The molecule has 1 amide bonds. The van der Waals surface area contributed by atoms with Gasteiger partial charge in [-0.2, -0.15) is 0 Å². The fraction of sp³-hybridized carbons (Fsp3) is 0.458. The maximum absolute atomic E-state index is 13.1. The lowest BCUT2D eigenvalue weighted by atomic mass is 9.87. The van der Waals surface area contributed by atoms with Crippen LogP contribution in [0.4, 0.5) is 10.5 Å². The second-order valence-electron chi connectivity index (χ2n) is 8.90. The van der Waals surface area contributed by atoms with Gasteiger partial charge in [0.15, 0.2) is 0 Å². The van der Waals surface area contributed by atoms with E-state index in [-0.39, 0.29) is 10.9 Å². The van der Waals surface area contributed by atoms with Gasteiger partial charge in [-0.1, -0.05) is 18.2 Å². The third-order valence-electron chi connectivity index (χ3n) is 5.27. The van der Waals surface area contributed by atoms with Crippen molar-refractivity contribution >= 4 is 21.8 Å². The molecule has 1 unspecified atom stereocenters. The number of benzene rings is 2. The average molecular weight is 461 g/mol. The summed E-state index contributed by atoms with van der Waals surface area (Å²) in [7, 11) is -2.13. The Morgan fingerprint density at radius 1 is 1.19 bits per heavy atom. The first kappa shape index (κ1) is 23.9. The Morgan fingerprint density at radius 2 is 1.91 bits per heavy atom. The number of amides is 1. The molecule has 8 heteroatoms. The number of carbonyl (C=O) groups is 1. The first-order valence-corrected chi connectivity index (χ1v) is 12.3. The van der Waals surface area contributed by atoms with Crippen LogP contribution in [0.15, 0.2) is 47.4 Å². The monoisotopic (exact) mass is 460 g/mol. The molecule has 0 spiro atoms. The van der Waals surface area contributed by atoms with Gasteiger partial charge in [0.2, 0.25) is 0 Å². The Bertz CT molecular complexity index is 1080. The van der Waals surface area contributed by atoms with Gasteiger partial charge < -0.3 is 14.4 Å². The standard InChI is InChI=1S/C24H32N2O5S/c1-6-30-21-12-7-8-13-22(21)32(28,29)25-18-15-14-17-10-9-11-20(19(17)16-18)26(5)23(27)31-24(2,3)4/h7-8,12-16,20,25H,6,9-11H2,1-5H3. The van der Waals surface area contributed by atoms with Crippen LogP contribution in [0.25, 0.3) is 0 Å². The van der Waals surface area contributed by atoms with Gasteiger partial charge >= 0.3 is 6.09 Å². The number of aryl methyl sites for hydroxylation is 1. The highest BCUT2D eigenvalue weighted by molar-refractivity contribution is 7.92. The van der Waals surface area contributed by atoms with Gasteiger partial charge in [0.25, 0.3) is 10.0 Å². The van der Waals surface area contributed by atoms with Gasteiger partial charge in [-0.15, -0.1) is 0 Å². The number of anilines is 1. The summed E-state index contributed by atoms with van der Waals surface area (Å²) in [6, 6.07) is 11.9. The van der Waals surface area contributed by atoms with Crippen molar-refractivity contribution in [1.82, 2.24) is 4.90 Å². The number of sulfonamides is 1. The Balaban J connectivity index is 1.89. The summed E-state index contributed by atoms with van der Waals surface area (Å²) in [4.78, 5) is 14.3. The highest BCUT2D eigenvalue weighted by atomic mass is 32.2. The van der Waals surface area contributed by atoms with E-state index in [1.165, 1.54) is 6.07 Å². The van der Waals surface area contributed by atoms with Crippen molar-refractivity contribution in [1.29, 1.82) is 0 Å². The van der Waals surface area contributed by atoms with Crippen LogP contribution in [-0.4, -0.2) is 38.7 Å². The molecular formula is C24H32N2O5S. The third kappa shape index (κ3) is 5.54. The van der Waals surface area contributed by atoms with E-state index in [0.29, 0.717) is 18.0 Å². The Kier molecular flexibility index (Phi) is 7.03. The number of nitrogens with one attached hydrogen (secondary N) is 1. The van der Waals surface area contributed by atoms with Gasteiger partial charge in [0, 0.05) is 12.7 Å². The SMILES string of the molecule is CCOc1ccccc1S(=O)(=O)Nc1ccc2c(c1)C(N(C)C(=O)OC(C)(C)C)CCC2. The molecule has 2 aromatic carbocycles. The lowest BCUT2D eigenvalue weighted by molar-refractivity contribution is 0.0204. The van der Waals surface area contributed by atoms with E-state index >= 15 is 0 Å². The maximum atomic E-state index is 13.1. The number of hydrogen-bond donors (Lipinski definition) is 1.